The molecule has 2 aliphatic rings. The minimum atomic E-state index is -0.0320. The number of hydrogen-bond donors (Lipinski definition) is 0. The Morgan fingerprint density at radius 2 is 1.44 bits per heavy atom. The highest BCUT2D eigenvalue weighted by Gasteiger charge is 2.42. The van der Waals surface area contributed by atoms with Gasteiger partial charge in [0.25, 0.3) is 0 Å². The summed E-state index contributed by atoms with van der Waals surface area (Å²) in [6.07, 6.45) is 8.52. The lowest BCUT2D eigenvalue weighted by atomic mass is 9.59. The molecule has 2 aromatic rings. The number of benzene rings is 2. The van der Waals surface area contributed by atoms with Gasteiger partial charge in [0.2, 0.25) is 0 Å². The number of rotatable bonds is 0. The second-order valence-corrected chi connectivity index (χ2v) is 8.90. The minimum absolute atomic E-state index is 0.0250. The predicted molar refractivity (Wildman–Crippen MR) is 118 cm³/mol. The van der Waals surface area contributed by atoms with Crippen molar-refractivity contribution in [3.8, 4) is 0 Å². The van der Waals surface area contributed by atoms with Gasteiger partial charge in [-0.1, -0.05) is 82.8 Å². The van der Waals surface area contributed by atoms with Crippen LogP contribution in [0.4, 0.5) is 5.69 Å². The fourth-order valence-corrected chi connectivity index (χ4v) is 4.72. The van der Waals surface area contributed by atoms with E-state index in [0.29, 0.717) is 0 Å². The van der Waals surface area contributed by atoms with Gasteiger partial charge in [-0.05, 0) is 40.0 Å². The van der Waals surface area contributed by atoms with E-state index in [4.69, 9.17) is 0 Å². The summed E-state index contributed by atoms with van der Waals surface area (Å²) in [6, 6.07) is 13.8. The van der Waals surface area contributed by atoms with E-state index in [9.17, 15) is 0 Å². The maximum absolute atomic E-state index is 4.36. The summed E-state index contributed by atoms with van der Waals surface area (Å²) < 4.78 is 0. The fraction of sp³-hybridized carbons (Fsp3) is 0.308. The monoisotopic (exact) mass is 355 g/mol. The van der Waals surface area contributed by atoms with Crippen molar-refractivity contribution in [3.63, 3.8) is 0 Å². The van der Waals surface area contributed by atoms with Crippen LogP contribution in [0.15, 0.2) is 67.3 Å². The van der Waals surface area contributed by atoms with Crippen molar-refractivity contribution in [1.29, 1.82) is 0 Å². The Balaban J connectivity index is 2.04. The number of hydrogen-bond acceptors (Lipinski definition) is 1. The molecule has 1 heterocycles. The predicted octanol–water partition coefficient (Wildman–Crippen LogP) is 6.23. The highest BCUT2D eigenvalue weighted by Crippen LogP contribution is 2.51. The van der Waals surface area contributed by atoms with Crippen LogP contribution in [0.3, 0.4) is 0 Å². The van der Waals surface area contributed by atoms with Crippen LogP contribution in [0.5, 0.6) is 0 Å². The summed E-state index contributed by atoms with van der Waals surface area (Å²) >= 11 is 0. The normalized spacial score (nSPS) is 21.8. The molecule has 138 valence electrons. The van der Waals surface area contributed by atoms with Gasteiger partial charge >= 0.3 is 0 Å². The molecule has 0 spiro atoms. The number of fused-ring (bicyclic) bond motifs is 3. The lowest BCUT2D eigenvalue weighted by molar-refractivity contribution is 0.520. The topological polar surface area (TPSA) is 3.24 Å². The quantitative estimate of drug-likeness (QED) is 0.541. The molecule has 1 aliphatic heterocycles. The summed E-state index contributed by atoms with van der Waals surface area (Å²) in [7, 11) is 2.17. The van der Waals surface area contributed by atoms with Crippen molar-refractivity contribution in [2.45, 2.75) is 38.5 Å². The van der Waals surface area contributed by atoms with E-state index in [-0.39, 0.29) is 10.8 Å². The van der Waals surface area contributed by atoms with Gasteiger partial charge in [0, 0.05) is 35.7 Å². The van der Waals surface area contributed by atoms with Crippen LogP contribution in [0.25, 0.3) is 5.57 Å². The molecular formula is C26H29N. The van der Waals surface area contributed by atoms with Gasteiger partial charge in [-0.2, -0.15) is 0 Å². The van der Waals surface area contributed by atoms with Crippen LogP contribution in [-0.4, -0.2) is 13.6 Å². The lowest BCUT2D eigenvalue weighted by Crippen LogP contribution is -2.37. The van der Waals surface area contributed by atoms with Crippen molar-refractivity contribution < 1.29 is 0 Å². The summed E-state index contributed by atoms with van der Waals surface area (Å²) in [5.74, 6) is 0. The van der Waals surface area contributed by atoms with Gasteiger partial charge in [-0.25, -0.2) is 0 Å². The van der Waals surface area contributed by atoms with E-state index >= 15 is 0 Å². The van der Waals surface area contributed by atoms with Crippen LogP contribution in [0.1, 0.15) is 55.5 Å². The number of nitrogens with zero attached hydrogens (tertiary/aromatic N) is 1. The maximum Gasteiger partial charge on any atom is 0.0449 e. The smallest absolute Gasteiger partial charge is 0.0449 e. The van der Waals surface area contributed by atoms with E-state index in [2.05, 4.69) is 107 Å². The van der Waals surface area contributed by atoms with E-state index in [1.165, 1.54) is 33.5 Å². The van der Waals surface area contributed by atoms with Crippen LogP contribution in [-0.2, 0) is 10.8 Å². The van der Waals surface area contributed by atoms with Crippen molar-refractivity contribution in [2.75, 3.05) is 18.5 Å². The number of anilines is 1. The molecular weight excluding hydrogens is 326 g/mol. The largest absolute Gasteiger partial charge is 0.370 e. The second-order valence-electron chi connectivity index (χ2n) is 8.90. The standard InChI is InChI=1S/C26H29N/c1-18-12-8-7-11-15-27(6)24-17-23-22(16-19(18)24)25(2,3)20-13-9-10-14-21(20)26(23,4)5/h7-14,16-17H,1,15H2,2-6H3/b11-7-,12-8-. The zero-order valence-electron chi connectivity index (χ0n) is 17.1. The third-order valence-corrected chi connectivity index (χ3v) is 6.44. The van der Waals surface area contributed by atoms with Crippen molar-refractivity contribution in [1.82, 2.24) is 0 Å². The molecule has 0 bridgehead atoms. The molecule has 0 saturated carbocycles. The Labute approximate surface area is 163 Å². The first-order valence-corrected chi connectivity index (χ1v) is 9.77. The first kappa shape index (κ1) is 17.9. The molecule has 0 unspecified atom stereocenters. The van der Waals surface area contributed by atoms with Crippen LogP contribution >= 0.6 is 0 Å². The lowest BCUT2D eigenvalue weighted by Gasteiger charge is -2.44. The molecule has 1 heteroatoms. The van der Waals surface area contributed by atoms with Gasteiger partial charge in [0.1, 0.15) is 0 Å². The van der Waals surface area contributed by atoms with Crippen LogP contribution < -0.4 is 4.90 Å². The summed E-state index contributed by atoms with van der Waals surface area (Å²) in [5.41, 5.74) is 9.22. The molecule has 2 aromatic carbocycles. The van der Waals surface area contributed by atoms with Crippen molar-refractivity contribution in [2.24, 2.45) is 0 Å². The molecule has 0 radical (unpaired) electrons. The molecule has 1 nitrogen and oxygen atoms in total. The van der Waals surface area contributed by atoms with Gasteiger partial charge in [-0.15, -0.1) is 0 Å². The average molecular weight is 356 g/mol. The molecule has 1 aliphatic carbocycles. The average Bonchev–Trinajstić information content (AvgIpc) is 2.71. The van der Waals surface area contributed by atoms with Crippen LogP contribution in [0.2, 0.25) is 0 Å². The first-order valence-electron chi connectivity index (χ1n) is 9.77. The van der Waals surface area contributed by atoms with Crippen molar-refractivity contribution in [3.05, 3.63) is 95.1 Å². The Morgan fingerprint density at radius 1 is 0.852 bits per heavy atom. The summed E-state index contributed by atoms with van der Waals surface area (Å²) in [6.45, 7) is 14.7. The molecule has 0 amide bonds. The molecule has 0 atom stereocenters. The van der Waals surface area contributed by atoms with Crippen LogP contribution in [0, 0.1) is 0 Å². The third kappa shape index (κ3) is 2.60. The molecule has 4 rings (SSSR count). The summed E-state index contributed by atoms with van der Waals surface area (Å²) in [5, 5.41) is 0. The minimum Gasteiger partial charge on any atom is -0.370 e. The molecule has 0 N–H and O–H groups in total. The van der Waals surface area contributed by atoms with E-state index < -0.39 is 0 Å². The highest BCUT2D eigenvalue weighted by molar-refractivity contribution is 5.84. The highest BCUT2D eigenvalue weighted by atomic mass is 15.1. The Kier molecular flexibility index (Phi) is 3.96. The fourth-order valence-electron chi connectivity index (χ4n) is 4.72. The third-order valence-electron chi connectivity index (χ3n) is 6.44. The summed E-state index contributed by atoms with van der Waals surface area (Å²) in [4.78, 5) is 2.33. The molecule has 0 fully saturated rings. The van der Waals surface area contributed by atoms with E-state index in [1.807, 2.05) is 0 Å². The first-order chi connectivity index (χ1) is 12.7. The SMILES string of the molecule is C=C1/C=C\C=C/CN(C)c2cc3c(cc21)C(C)(C)c1ccccc1C3(C)C. The second kappa shape index (κ2) is 5.99. The van der Waals surface area contributed by atoms with Gasteiger partial charge in [-0.3, -0.25) is 0 Å². The zero-order chi connectivity index (χ0) is 19.4. The van der Waals surface area contributed by atoms with E-state index in [0.717, 1.165) is 12.1 Å². The van der Waals surface area contributed by atoms with Gasteiger partial charge in [0.15, 0.2) is 0 Å². The Bertz CT molecular complexity index is 985. The van der Waals surface area contributed by atoms with Crippen molar-refractivity contribution >= 4 is 11.3 Å². The zero-order valence-corrected chi connectivity index (χ0v) is 17.1. The maximum atomic E-state index is 4.36. The van der Waals surface area contributed by atoms with Gasteiger partial charge < -0.3 is 4.90 Å². The Hall–Kier alpha value is -2.54. The van der Waals surface area contributed by atoms with E-state index in [1.54, 1.807) is 0 Å². The molecule has 27 heavy (non-hydrogen) atoms. The molecule has 0 saturated heterocycles. The molecule has 0 aromatic heterocycles. The number of likely N-dealkylation sites (N-methyl/N-ethyl adjacent to an activating group) is 1. The van der Waals surface area contributed by atoms with Gasteiger partial charge in [0.05, 0.1) is 0 Å². The number of allylic oxidation sites excluding steroid dienone is 4. The Morgan fingerprint density at radius 3 is 2.07 bits per heavy atom.